The van der Waals surface area contributed by atoms with Crippen LogP contribution in [0.15, 0.2) is 83.9 Å². The maximum Gasteiger partial charge on any atom is 0.324 e. The van der Waals surface area contributed by atoms with Gasteiger partial charge in [0.05, 0.1) is 9.77 Å². The van der Waals surface area contributed by atoms with Crippen molar-refractivity contribution in [3.8, 4) is 21.0 Å². The van der Waals surface area contributed by atoms with Crippen molar-refractivity contribution in [2.24, 2.45) is 0 Å². The minimum atomic E-state index is -3.95. The molecule has 2 amide bonds. The van der Waals surface area contributed by atoms with E-state index in [4.69, 9.17) is 5.73 Å². The van der Waals surface area contributed by atoms with Crippen molar-refractivity contribution in [2.75, 3.05) is 24.7 Å². The molecule has 3 N–H and O–H groups in total. The van der Waals surface area contributed by atoms with Crippen LogP contribution in [0.3, 0.4) is 0 Å². The van der Waals surface area contributed by atoms with Gasteiger partial charge in [0.2, 0.25) is 10.0 Å². The second kappa shape index (κ2) is 11.2. The van der Waals surface area contributed by atoms with Crippen molar-refractivity contribution in [3.63, 3.8) is 0 Å². The maximum atomic E-state index is 13.6. The number of nitrogens with two attached hydrogens (primary N) is 1. The number of urea groups is 1. The van der Waals surface area contributed by atoms with Crippen LogP contribution in [0.25, 0.3) is 21.0 Å². The molecule has 0 spiro atoms. The fraction of sp³-hybridized carbons (Fsp3) is 0.241. The highest BCUT2D eigenvalue weighted by Gasteiger charge is 2.28. The van der Waals surface area contributed by atoms with Crippen molar-refractivity contribution in [2.45, 2.75) is 37.8 Å². The van der Waals surface area contributed by atoms with Crippen LogP contribution in [0.5, 0.6) is 0 Å². The highest BCUT2D eigenvalue weighted by molar-refractivity contribution is 7.89. The van der Waals surface area contributed by atoms with Gasteiger partial charge in [0, 0.05) is 54.9 Å². The van der Waals surface area contributed by atoms with Gasteiger partial charge >= 0.3 is 6.03 Å². The summed E-state index contributed by atoms with van der Waals surface area (Å²) in [5.41, 5.74) is 8.62. The van der Waals surface area contributed by atoms with E-state index < -0.39 is 15.6 Å². The van der Waals surface area contributed by atoms with Gasteiger partial charge < -0.3 is 10.6 Å². The average molecular weight is 564 g/mol. The summed E-state index contributed by atoms with van der Waals surface area (Å²) >= 11 is 1.39. The number of anilines is 2. The van der Waals surface area contributed by atoms with Crippen molar-refractivity contribution < 1.29 is 13.2 Å². The SMILES string of the molecule is CN(Cc1ccccc1)C(=O)N(C)c1ccc(-c2cnc(-c3ccc(N)cc3)s2)c(S(=O)(=O)NC(C)(C)C)c1. The van der Waals surface area contributed by atoms with Crippen LogP contribution in [0.4, 0.5) is 16.2 Å². The summed E-state index contributed by atoms with van der Waals surface area (Å²) < 4.78 is 30.0. The summed E-state index contributed by atoms with van der Waals surface area (Å²) in [5.74, 6) is 0. The van der Waals surface area contributed by atoms with Crippen LogP contribution < -0.4 is 15.4 Å². The molecule has 0 unspecified atom stereocenters. The first-order valence-corrected chi connectivity index (χ1v) is 14.7. The molecule has 0 aliphatic carbocycles. The number of aromatic nitrogens is 1. The van der Waals surface area contributed by atoms with Gasteiger partial charge in [-0.3, -0.25) is 4.90 Å². The van der Waals surface area contributed by atoms with Gasteiger partial charge in [-0.25, -0.2) is 22.9 Å². The number of rotatable bonds is 7. The van der Waals surface area contributed by atoms with Gasteiger partial charge in [0.25, 0.3) is 0 Å². The zero-order valence-corrected chi connectivity index (χ0v) is 24.3. The van der Waals surface area contributed by atoms with Crippen molar-refractivity contribution in [1.29, 1.82) is 0 Å². The molecule has 4 rings (SSSR count). The Labute approximate surface area is 234 Å². The normalized spacial score (nSPS) is 11.8. The summed E-state index contributed by atoms with van der Waals surface area (Å²) in [6.07, 6.45) is 1.67. The van der Waals surface area contributed by atoms with E-state index in [9.17, 15) is 13.2 Å². The van der Waals surface area contributed by atoms with Crippen LogP contribution in [0.2, 0.25) is 0 Å². The lowest BCUT2D eigenvalue weighted by molar-refractivity contribution is 0.215. The van der Waals surface area contributed by atoms with Crippen molar-refractivity contribution in [3.05, 3.63) is 84.6 Å². The van der Waals surface area contributed by atoms with E-state index in [0.29, 0.717) is 28.4 Å². The first-order chi connectivity index (χ1) is 18.3. The standard InChI is InChI=1S/C29H33N5O3S2/c1-29(2,3)32-39(36,37)26-17-23(34(5)28(35)33(4)19-20-9-7-6-8-10-20)15-16-24(26)25-18-31-27(38-25)21-11-13-22(30)14-12-21/h6-18,32H,19,30H2,1-5H3. The molecule has 10 heteroatoms. The van der Waals surface area contributed by atoms with E-state index in [-0.39, 0.29) is 10.9 Å². The average Bonchev–Trinajstić information content (AvgIpc) is 3.37. The third-order valence-electron chi connectivity index (χ3n) is 5.89. The lowest BCUT2D eigenvalue weighted by atomic mass is 10.1. The van der Waals surface area contributed by atoms with Gasteiger partial charge in [0.15, 0.2) is 0 Å². The predicted octanol–water partition coefficient (Wildman–Crippen LogP) is 5.82. The second-order valence-corrected chi connectivity index (χ2v) is 13.1. The monoisotopic (exact) mass is 563 g/mol. The van der Waals surface area contributed by atoms with Gasteiger partial charge in [-0.15, -0.1) is 11.3 Å². The summed E-state index contributed by atoms with van der Waals surface area (Å²) in [6.45, 7) is 5.78. The topological polar surface area (TPSA) is 109 Å². The Morgan fingerprint density at radius 1 is 1.00 bits per heavy atom. The number of amides is 2. The molecule has 0 bridgehead atoms. The number of benzene rings is 3. The zero-order valence-electron chi connectivity index (χ0n) is 22.7. The summed E-state index contributed by atoms with van der Waals surface area (Å²) in [4.78, 5) is 21.6. The first kappa shape index (κ1) is 28.3. The van der Waals surface area contributed by atoms with E-state index in [1.807, 2.05) is 42.5 Å². The van der Waals surface area contributed by atoms with Gasteiger partial charge in [-0.2, -0.15) is 0 Å². The quantitative estimate of drug-likeness (QED) is 0.275. The molecule has 0 saturated carbocycles. The molecule has 39 heavy (non-hydrogen) atoms. The minimum Gasteiger partial charge on any atom is -0.399 e. The molecular weight excluding hydrogens is 530 g/mol. The molecule has 4 aromatic rings. The van der Waals surface area contributed by atoms with Crippen LogP contribution in [0.1, 0.15) is 26.3 Å². The van der Waals surface area contributed by atoms with Crippen molar-refractivity contribution in [1.82, 2.24) is 14.6 Å². The Balaban J connectivity index is 1.71. The zero-order chi connectivity index (χ0) is 28.4. The van der Waals surface area contributed by atoms with E-state index >= 15 is 0 Å². The van der Waals surface area contributed by atoms with E-state index in [2.05, 4.69) is 9.71 Å². The predicted molar refractivity (Wildman–Crippen MR) is 159 cm³/mol. The Kier molecular flexibility index (Phi) is 8.10. The van der Waals surface area contributed by atoms with Crippen LogP contribution in [-0.4, -0.2) is 44.0 Å². The number of nitrogen functional groups attached to an aromatic ring is 1. The Morgan fingerprint density at radius 2 is 1.67 bits per heavy atom. The van der Waals surface area contributed by atoms with Gasteiger partial charge in [0.1, 0.15) is 5.01 Å². The van der Waals surface area contributed by atoms with Crippen molar-refractivity contribution >= 4 is 38.8 Å². The lowest BCUT2D eigenvalue weighted by Gasteiger charge is -2.26. The molecule has 0 saturated heterocycles. The highest BCUT2D eigenvalue weighted by Crippen LogP contribution is 2.37. The molecule has 0 fully saturated rings. The Morgan fingerprint density at radius 3 is 2.31 bits per heavy atom. The number of carbonyl (C=O) groups is 1. The Hall–Kier alpha value is -3.73. The number of sulfonamides is 1. The van der Waals surface area contributed by atoms with E-state index in [0.717, 1.165) is 16.1 Å². The molecule has 1 heterocycles. The van der Waals surface area contributed by atoms with Crippen LogP contribution in [0, 0.1) is 0 Å². The largest absolute Gasteiger partial charge is 0.399 e. The van der Waals surface area contributed by atoms with Crippen LogP contribution in [-0.2, 0) is 16.6 Å². The molecule has 0 atom stereocenters. The summed E-state index contributed by atoms with van der Waals surface area (Å²) in [5, 5.41) is 0.746. The first-order valence-electron chi connectivity index (χ1n) is 12.4. The van der Waals surface area contributed by atoms with Gasteiger partial charge in [-0.05, 0) is 62.7 Å². The third-order valence-corrected chi connectivity index (χ3v) is 8.76. The molecule has 8 nitrogen and oxygen atoms in total. The van der Waals surface area contributed by atoms with Crippen LogP contribution >= 0.6 is 11.3 Å². The van der Waals surface area contributed by atoms with E-state index in [1.54, 1.807) is 76.3 Å². The fourth-order valence-electron chi connectivity index (χ4n) is 4.05. The maximum absolute atomic E-state index is 13.6. The summed E-state index contributed by atoms with van der Waals surface area (Å²) in [6, 6.07) is 21.8. The second-order valence-electron chi connectivity index (χ2n) is 10.4. The minimum absolute atomic E-state index is 0.0767. The molecule has 204 valence electrons. The molecule has 3 aromatic carbocycles. The molecule has 0 aliphatic heterocycles. The smallest absolute Gasteiger partial charge is 0.324 e. The number of hydrogen-bond acceptors (Lipinski definition) is 6. The van der Waals surface area contributed by atoms with E-state index in [1.165, 1.54) is 16.2 Å². The Bertz CT molecular complexity index is 1560. The number of thiazole rings is 1. The molecular formula is C29H33N5O3S2. The number of nitrogens with zero attached hydrogens (tertiary/aromatic N) is 3. The number of nitrogens with one attached hydrogen (secondary N) is 1. The third kappa shape index (κ3) is 6.83. The summed E-state index contributed by atoms with van der Waals surface area (Å²) in [7, 11) is -0.593. The molecule has 1 aromatic heterocycles. The highest BCUT2D eigenvalue weighted by atomic mass is 32.2. The number of carbonyl (C=O) groups excluding carboxylic acids is 1. The fourth-order valence-corrected chi connectivity index (χ4v) is 6.74. The number of hydrogen-bond donors (Lipinski definition) is 2. The molecule has 0 aliphatic rings. The van der Waals surface area contributed by atoms with Gasteiger partial charge in [-0.1, -0.05) is 36.4 Å². The molecule has 0 radical (unpaired) electrons. The lowest BCUT2D eigenvalue weighted by Crippen LogP contribution is -2.41.